The van der Waals surface area contributed by atoms with E-state index >= 15 is 0 Å². The SMILES string of the molecule is COc1ccc(N(CC(=O)NCc2ccccc2-n2ccnc2)S(=O)(=O)c2ccccc2)cc1Cl. The molecule has 0 bridgehead atoms. The number of aromatic nitrogens is 2. The standard InChI is InChI=1S/C25H23ClN4O4S/c1-34-24-12-11-20(15-22(24)26)30(35(32,33)21-8-3-2-4-9-21)17-25(31)28-16-19-7-5-6-10-23(19)29-14-13-27-18-29/h2-15,18H,16-17H2,1H3,(H,28,31). The minimum Gasteiger partial charge on any atom is -0.495 e. The summed E-state index contributed by atoms with van der Waals surface area (Å²) in [5, 5.41) is 3.06. The van der Waals surface area contributed by atoms with Crippen molar-refractivity contribution >= 4 is 33.2 Å². The van der Waals surface area contributed by atoms with Crippen LogP contribution in [0.25, 0.3) is 5.69 Å². The topological polar surface area (TPSA) is 93.5 Å². The molecule has 10 heteroatoms. The molecular formula is C25H23ClN4O4S. The number of sulfonamides is 1. The van der Waals surface area contributed by atoms with Crippen LogP contribution in [0.15, 0.2) is 96.4 Å². The van der Waals surface area contributed by atoms with Gasteiger partial charge in [-0.2, -0.15) is 0 Å². The minimum atomic E-state index is -4.05. The monoisotopic (exact) mass is 510 g/mol. The van der Waals surface area contributed by atoms with Crippen molar-refractivity contribution in [2.75, 3.05) is 18.0 Å². The number of hydrogen-bond donors (Lipinski definition) is 1. The number of benzene rings is 3. The summed E-state index contributed by atoms with van der Waals surface area (Å²) in [4.78, 5) is 17.1. The van der Waals surface area contributed by atoms with E-state index in [1.54, 1.807) is 42.9 Å². The first-order chi connectivity index (χ1) is 16.9. The minimum absolute atomic E-state index is 0.0604. The van der Waals surface area contributed by atoms with Gasteiger partial charge in [0, 0.05) is 18.9 Å². The molecule has 4 rings (SSSR count). The average molecular weight is 511 g/mol. The fraction of sp³-hybridized carbons (Fsp3) is 0.120. The Morgan fingerprint density at radius 2 is 1.83 bits per heavy atom. The van der Waals surface area contributed by atoms with Crippen molar-refractivity contribution in [1.82, 2.24) is 14.9 Å². The summed E-state index contributed by atoms with van der Waals surface area (Å²) in [5.74, 6) is -0.0788. The maximum atomic E-state index is 13.5. The maximum Gasteiger partial charge on any atom is 0.264 e. The summed E-state index contributed by atoms with van der Waals surface area (Å²) in [6, 6.07) is 20.1. The third-order valence-corrected chi connectivity index (χ3v) is 7.38. The number of ether oxygens (including phenoxy) is 1. The van der Waals surface area contributed by atoms with E-state index in [9.17, 15) is 13.2 Å². The van der Waals surface area contributed by atoms with Crippen LogP contribution in [0.2, 0.25) is 5.02 Å². The Morgan fingerprint density at radius 1 is 1.09 bits per heavy atom. The average Bonchev–Trinajstić information content (AvgIpc) is 3.41. The number of halogens is 1. The number of imidazole rings is 1. The molecule has 180 valence electrons. The van der Waals surface area contributed by atoms with Crippen LogP contribution < -0.4 is 14.4 Å². The summed E-state index contributed by atoms with van der Waals surface area (Å²) in [5.41, 5.74) is 1.96. The van der Waals surface area contributed by atoms with Gasteiger partial charge in [-0.1, -0.05) is 48.0 Å². The van der Waals surface area contributed by atoms with Crippen LogP contribution in [0.5, 0.6) is 5.75 Å². The third-order valence-electron chi connectivity index (χ3n) is 5.29. The molecule has 35 heavy (non-hydrogen) atoms. The lowest BCUT2D eigenvalue weighted by Gasteiger charge is -2.24. The number of carbonyl (C=O) groups is 1. The van der Waals surface area contributed by atoms with Crippen molar-refractivity contribution in [3.63, 3.8) is 0 Å². The van der Waals surface area contributed by atoms with Crippen molar-refractivity contribution in [3.8, 4) is 11.4 Å². The third kappa shape index (κ3) is 5.47. The molecule has 0 atom stereocenters. The van der Waals surface area contributed by atoms with Crippen LogP contribution in [0.1, 0.15) is 5.56 Å². The van der Waals surface area contributed by atoms with Crippen molar-refractivity contribution in [2.45, 2.75) is 11.4 Å². The molecule has 0 aliphatic rings. The molecule has 4 aromatic rings. The van der Waals surface area contributed by atoms with Gasteiger partial charge in [0.2, 0.25) is 5.91 Å². The second-order valence-corrected chi connectivity index (χ2v) is 9.79. The van der Waals surface area contributed by atoms with E-state index in [1.807, 2.05) is 35.0 Å². The summed E-state index contributed by atoms with van der Waals surface area (Å²) in [6.45, 7) is -0.233. The van der Waals surface area contributed by atoms with Gasteiger partial charge in [-0.25, -0.2) is 13.4 Å². The predicted molar refractivity (Wildman–Crippen MR) is 134 cm³/mol. The Hall–Kier alpha value is -3.82. The first kappa shape index (κ1) is 24.3. The van der Waals surface area contributed by atoms with Crippen molar-refractivity contribution in [2.24, 2.45) is 0 Å². The van der Waals surface area contributed by atoms with Crippen molar-refractivity contribution in [3.05, 3.63) is 102 Å². The van der Waals surface area contributed by atoms with Crippen LogP contribution in [-0.4, -0.2) is 37.5 Å². The highest BCUT2D eigenvalue weighted by atomic mass is 35.5. The van der Waals surface area contributed by atoms with Gasteiger partial charge in [0.25, 0.3) is 10.0 Å². The molecule has 0 saturated carbocycles. The fourth-order valence-corrected chi connectivity index (χ4v) is 5.22. The van der Waals surface area contributed by atoms with Crippen LogP contribution >= 0.6 is 11.6 Å². The summed E-state index contributed by atoms with van der Waals surface area (Å²) >= 11 is 6.26. The first-order valence-corrected chi connectivity index (χ1v) is 12.5. The number of rotatable bonds is 9. The molecule has 0 aliphatic carbocycles. The number of amides is 1. The van der Waals surface area contributed by atoms with Crippen LogP contribution in [0.3, 0.4) is 0 Å². The Morgan fingerprint density at radius 3 is 2.51 bits per heavy atom. The zero-order valence-electron chi connectivity index (χ0n) is 18.8. The highest BCUT2D eigenvalue weighted by molar-refractivity contribution is 7.92. The number of anilines is 1. The largest absolute Gasteiger partial charge is 0.495 e. The molecule has 1 heterocycles. The van der Waals surface area contributed by atoms with E-state index in [4.69, 9.17) is 16.3 Å². The molecule has 1 N–H and O–H groups in total. The van der Waals surface area contributed by atoms with Gasteiger partial charge in [0.15, 0.2) is 0 Å². The number of nitrogens with one attached hydrogen (secondary N) is 1. The summed E-state index contributed by atoms with van der Waals surface area (Å²) < 4.78 is 35.0. The van der Waals surface area contributed by atoms with E-state index in [-0.39, 0.29) is 22.2 Å². The summed E-state index contributed by atoms with van der Waals surface area (Å²) in [6.07, 6.45) is 5.14. The van der Waals surface area contributed by atoms with E-state index in [0.717, 1.165) is 15.6 Å². The molecule has 3 aromatic carbocycles. The van der Waals surface area contributed by atoms with E-state index in [1.165, 1.54) is 25.3 Å². The quantitative estimate of drug-likeness (QED) is 0.367. The maximum absolute atomic E-state index is 13.5. The molecule has 8 nitrogen and oxygen atoms in total. The predicted octanol–water partition coefficient (Wildman–Crippen LogP) is 4.05. The normalized spacial score (nSPS) is 11.1. The molecule has 1 aromatic heterocycles. The van der Waals surface area contributed by atoms with Gasteiger partial charge in [0.05, 0.1) is 34.7 Å². The molecule has 0 saturated heterocycles. The number of para-hydroxylation sites is 1. The van der Waals surface area contributed by atoms with Gasteiger partial charge in [-0.15, -0.1) is 0 Å². The second kappa shape index (κ2) is 10.6. The van der Waals surface area contributed by atoms with E-state index < -0.39 is 22.5 Å². The van der Waals surface area contributed by atoms with E-state index in [0.29, 0.717) is 5.75 Å². The Balaban J connectivity index is 1.59. The molecule has 1 amide bonds. The number of nitrogens with zero attached hydrogens (tertiary/aromatic N) is 3. The molecular weight excluding hydrogens is 488 g/mol. The van der Waals surface area contributed by atoms with Gasteiger partial charge in [0.1, 0.15) is 12.3 Å². The van der Waals surface area contributed by atoms with Crippen LogP contribution in [-0.2, 0) is 21.4 Å². The molecule has 0 radical (unpaired) electrons. The zero-order chi connectivity index (χ0) is 24.8. The summed E-state index contributed by atoms with van der Waals surface area (Å²) in [7, 11) is -2.58. The Kier molecular flexibility index (Phi) is 7.38. The fourth-order valence-electron chi connectivity index (χ4n) is 3.54. The van der Waals surface area contributed by atoms with E-state index in [2.05, 4.69) is 10.3 Å². The molecule has 0 fully saturated rings. The van der Waals surface area contributed by atoms with Gasteiger partial charge >= 0.3 is 0 Å². The Labute approximate surface area is 208 Å². The van der Waals surface area contributed by atoms with Crippen molar-refractivity contribution in [1.29, 1.82) is 0 Å². The van der Waals surface area contributed by atoms with Crippen LogP contribution in [0, 0.1) is 0 Å². The number of methoxy groups -OCH3 is 1. The lowest BCUT2D eigenvalue weighted by molar-refractivity contribution is -0.119. The molecule has 0 spiro atoms. The molecule has 0 aliphatic heterocycles. The zero-order valence-corrected chi connectivity index (χ0v) is 20.4. The number of hydrogen-bond acceptors (Lipinski definition) is 5. The Bertz CT molecular complexity index is 1410. The second-order valence-electron chi connectivity index (χ2n) is 7.52. The lowest BCUT2D eigenvalue weighted by atomic mass is 10.1. The lowest BCUT2D eigenvalue weighted by Crippen LogP contribution is -2.40. The highest BCUT2D eigenvalue weighted by Gasteiger charge is 2.27. The highest BCUT2D eigenvalue weighted by Crippen LogP contribution is 2.31. The number of carbonyl (C=O) groups excluding carboxylic acids is 1. The van der Waals surface area contributed by atoms with Gasteiger partial charge < -0.3 is 14.6 Å². The smallest absolute Gasteiger partial charge is 0.264 e. The van der Waals surface area contributed by atoms with Crippen molar-refractivity contribution < 1.29 is 17.9 Å². The molecule has 0 unspecified atom stereocenters. The van der Waals surface area contributed by atoms with Gasteiger partial charge in [-0.05, 0) is 42.0 Å². The first-order valence-electron chi connectivity index (χ1n) is 10.6. The van der Waals surface area contributed by atoms with Crippen LogP contribution in [0.4, 0.5) is 5.69 Å². The van der Waals surface area contributed by atoms with Gasteiger partial charge in [-0.3, -0.25) is 9.10 Å².